The van der Waals surface area contributed by atoms with Crippen LogP contribution in [-0.4, -0.2) is 46.6 Å². The Hall–Kier alpha value is -0.880. The van der Waals surface area contributed by atoms with Crippen molar-refractivity contribution in [2.45, 2.75) is 31.8 Å². The number of anilines is 1. The molecule has 98 valence electrons. The van der Waals surface area contributed by atoms with Gasteiger partial charge in [-0.3, -0.25) is 9.69 Å². The van der Waals surface area contributed by atoms with E-state index in [0.29, 0.717) is 16.6 Å². The molecule has 6 heteroatoms. The van der Waals surface area contributed by atoms with E-state index in [1.807, 2.05) is 0 Å². The summed E-state index contributed by atoms with van der Waals surface area (Å²) in [5, 5.41) is 0. The van der Waals surface area contributed by atoms with Crippen LogP contribution in [0, 0.1) is 0 Å². The zero-order valence-electron chi connectivity index (χ0n) is 10.4. The lowest BCUT2D eigenvalue weighted by molar-refractivity contribution is 0.202. The van der Waals surface area contributed by atoms with Gasteiger partial charge < -0.3 is 9.88 Å². The van der Waals surface area contributed by atoms with E-state index in [2.05, 4.69) is 42.6 Å². The summed E-state index contributed by atoms with van der Waals surface area (Å²) in [6.45, 7) is 5.44. The highest BCUT2D eigenvalue weighted by atomic mass is 79.9. The maximum atomic E-state index is 11.6. The molecule has 18 heavy (non-hydrogen) atoms. The maximum Gasteiger partial charge on any atom is 0.267 e. The number of nitrogens with zero attached hydrogens (tertiary/aromatic N) is 3. The van der Waals surface area contributed by atoms with E-state index >= 15 is 0 Å². The number of halogens is 1. The lowest BCUT2D eigenvalue weighted by atomic mass is 10.1. The molecule has 0 aromatic carbocycles. The van der Waals surface area contributed by atoms with Crippen molar-refractivity contribution in [2.75, 3.05) is 24.5 Å². The van der Waals surface area contributed by atoms with Crippen molar-refractivity contribution in [3.63, 3.8) is 0 Å². The summed E-state index contributed by atoms with van der Waals surface area (Å²) in [6, 6.07) is 1.01. The quantitative estimate of drug-likeness (QED) is 0.847. The van der Waals surface area contributed by atoms with Crippen molar-refractivity contribution in [3.05, 3.63) is 21.2 Å². The molecule has 0 bridgehead atoms. The van der Waals surface area contributed by atoms with Crippen LogP contribution in [0.15, 0.2) is 15.6 Å². The van der Waals surface area contributed by atoms with E-state index in [9.17, 15) is 4.79 Å². The zero-order valence-corrected chi connectivity index (χ0v) is 12.0. The van der Waals surface area contributed by atoms with E-state index in [4.69, 9.17) is 0 Å². The zero-order chi connectivity index (χ0) is 12.7. The fraction of sp³-hybridized carbons (Fsp3) is 0.667. The van der Waals surface area contributed by atoms with Gasteiger partial charge in [0.2, 0.25) is 0 Å². The number of rotatable bonds is 1. The fourth-order valence-electron chi connectivity index (χ4n) is 3.06. The van der Waals surface area contributed by atoms with Crippen LogP contribution in [0.1, 0.15) is 19.8 Å². The van der Waals surface area contributed by atoms with Crippen LogP contribution in [0.5, 0.6) is 0 Å². The Kier molecular flexibility index (Phi) is 3.15. The number of piperazine rings is 1. The number of nitrogens with one attached hydrogen (secondary N) is 1. The minimum Gasteiger partial charge on any atom is -0.350 e. The highest BCUT2D eigenvalue weighted by Crippen LogP contribution is 2.29. The third-order valence-electron chi connectivity index (χ3n) is 3.99. The molecule has 0 radical (unpaired) electrons. The molecule has 1 N–H and O–H groups in total. The molecular weight excluding hydrogens is 296 g/mol. The van der Waals surface area contributed by atoms with Gasteiger partial charge in [0.05, 0.1) is 6.33 Å². The third-order valence-corrected chi connectivity index (χ3v) is 4.70. The molecule has 2 unspecified atom stereocenters. The van der Waals surface area contributed by atoms with Gasteiger partial charge in [0, 0.05) is 25.2 Å². The standard InChI is InChI=1S/C12H17BrN4O/c1-8-5-16-4-2-3-9(16)6-17(8)11-10(13)12(18)15-7-14-11/h7-9H,2-6H2,1H3,(H,14,15,18). The van der Waals surface area contributed by atoms with E-state index in [0.717, 1.165) is 18.9 Å². The SMILES string of the molecule is CC1CN2CCCC2CN1c1nc[nH]c(=O)c1Br. The summed E-state index contributed by atoms with van der Waals surface area (Å²) in [4.78, 5) is 23.4. The van der Waals surface area contributed by atoms with E-state index < -0.39 is 0 Å². The van der Waals surface area contributed by atoms with E-state index in [1.54, 1.807) is 0 Å². The van der Waals surface area contributed by atoms with Crippen molar-refractivity contribution in [2.24, 2.45) is 0 Å². The molecule has 2 aliphatic rings. The number of hydrogen-bond donors (Lipinski definition) is 1. The first-order valence-corrected chi connectivity index (χ1v) is 7.20. The molecule has 1 aromatic rings. The molecule has 2 aliphatic heterocycles. The largest absolute Gasteiger partial charge is 0.350 e. The molecule has 2 saturated heterocycles. The van der Waals surface area contributed by atoms with Gasteiger partial charge in [-0.2, -0.15) is 0 Å². The maximum absolute atomic E-state index is 11.6. The molecule has 3 rings (SSSR count). The molecule has 0 amide bonds. The molecule has 1 aromatic heterocycles. The second-order valence-corrected chi connectivity index (χ2v) is 5.95. The van der Waals surface area contributed by atoms with Gasteiger partial charge in [0.1, 0.15) is 4.47 Å². The minimum atomic E-state index is -0.110. The monoisotopic (exact) mass is 312 g/mol. The van der Waals surface area contributed by atoms with Gasteiger partial charge in [-0.05, 0) is 42.2 Å². The molecule has 3 heterocycles. The lowest BCUT2D eigenvalue weighted by Crippen LogP contribution is -2.55. The number of aromatic nitrogens is 2. The molecule has 0 spiro atoms. The first kappa shape index (κ1) is 12.2. The number of aromatic amines is 1. The van der Waals surface area contributed by atoms with Crippen molar-refractivity contribution in [1.82, 2.24) is 14.9 Å². The van der Waals surface area contributed by atoms with Gasteiger partial charge in [0.15, 0.2) is 5.82 Å². The Balaban J connectivity index is 1.91. The molecule has 0 saturated carbocycles. The van der Waals surface area contributed by atoms with Crippen molar-refractivity contribution in [1.29, 1.82) is 0 Å². The highest BCUT2D eigenvalue weighted by Gasteiger charge is 2.35. The van der Waals surface area contributed by atoms with Crippen LogP contribution in [0.4, 0.5) is 5.82 Å². The van der Waals surface area contributed by atoms with Gasteiger partial charge in [-0.15, -0.1) is 0 Å². The Morgan fingerprint density at radius 1 is 1.50 bits per heavy atom. The predicted octanol–water partition coefficient (Wildman–Crippen LogP) is 1.21. The van der Waals surface area contributed by atoms with E-state index in [-0.39, 0.29) is 5.56 Å². The highest BCUT2D eigenvalue weighted by molar-refractivity contribution is 9.10. The third kappa shape index (κ3) is 1.97. The molecular formula is C12H17BrN4O. The molecule has 0 aliphatic carbocycles. The Bertz CT molecular complexity index is 503. The van der Waals surface area contributed by atoms with Crippen LogP contribution in [0.2, 0.25) is 0 Å². The van der Waals surface area contributed by atoms with Gasteiger partial charge >= 0.3 is 0 Å². The van der Waals surface area contributed by atoms with Crippen molar-refractivity contribution in [3.8, 4) is 0 Å². The summed E-state index contributed by atoms with van der Waals surface area (Å²) < 4.78 is 0.545. The number of H-pyrrole nitrogens is 1. The normalized spacial score (nSPS) is 28.4. The fourth-order valence-corrected chi connectivity index (χ4v) is 3.50. The molecule has 5 nitrogen and oxygen atoms in total. The number of fused-ring (bicyclic) bond motifs is 1. The Labute approximate surface area is 114 Å². The van der Waals surface area contributed by atoms with Crippen LogP contribution in [0.3, 0.4) is 0 Å². The summed E-state index contributed by atoms with van der Waals surface area (Å²) in [7, 11) is 0. The predicted molar refractivity (Wildman–Crippen MR) is 74.0 cm³/mol. The second kappa shape index (κ2) is 4.66. The smallest absolute Gasteiger partial charge is 0.267 e. The molecule has 2 fully saturated rings. The van der Waals surface area contributed by atoms with Crippen LogP contribution >= 0.6 is 15.9 Å². The van der Waals surface area contributed by atoms with Crippen molar-refractivity contribution < 1.29 is 0 Å². The number of hydrogen-bond acceptors (Lipinski definition) is 4. The van der Waals surface area contributed by atoms with E-state index in [1.165, 1.54) is 25.7 Å². The first-order chi connectivity index (χ1) is 8.66. The summed E-state index contributed by atoms with van der Waals surface area (Å²) in [5.74, 6) is 0.776. The molecule has 2 atom stereocenters. The van der Waals surface area contributed by atoms with Gasteiger partial charge in [-0.25, -0.2) is 4.98 Å². The Morgan fingerprint density at radius 3 is 3.17 bits per heavy atom. The lowest BCUT2D eigenvalue weighted by Gasteiger charge is -2.43. The average Bonchev–Trinajstić information content (AvgIpc) is 2.79. The summed E-state index contributed by atoms with van der Waals surface area (Å²) in [5.41, 5.74) is -0.110. The van der Waals surface area contributed by atoms with Crippen LogP contribution < -0.4 is 10.5 Å². The van der Waals surface area contributed by atoms with Gasteiger partial charge in [-0.1, -0.05) is 0 Å². The van der Waals surface area contributed by atoms with Crippen LogP contribution in [0.25, 0.3) is 0 Å². The van der Waals surface area contributed by atoms with Crippen molar-refractivity contribution >= 4 is 21.7 Å². The van der Waals surface area contributed by atoms with Crippen LogP contribution in [-0.2, 0) is 0 Å². The minimum absolute atomic E-state index is 0.110. The Morgan fingerprint density at radius 2 is 2.33 bits per heavy atom. The summed E-state index contributed by atoms with van der Waals surface area (Å²) >= 11 is 3.35. The average molecular weight is 313 g/mol. The topological polar surface area (TPSA) is 52.2 Å². The second-order valence-electron chi connectivity index (χ2n) is 5.16. The summed E-state index contributed by atoms with van der Waals surface area (Å²) in [6.07, 6.45) is 4.02. The van der Waals surface area contributed by atoms with Gasteiger partial charge in [0.25, 0.3) is 5.56 Å². The first-order valence-electron chi connectivity index (χ1n) is 6.40.